The monoisotopic (exact) mass is 535 g/mol. The van der Waals surface area contributed by atoms with Crippen LogP contribution in [0, 0.1) is 13.8 Å². The molecule has 0 bridgehead atoms. The Labute approximate surface area is 227 Å². The topological polar surface area (TPSA) is 85.3 Å². The summed E-state index contributed by atoms with van der Waals surface area (Å²) >= 11 is 6.25. The van der Waals surface area contributed by atoms with Crippen molar-refractivity contribution in [3.63, 3.8) is 0 Å². The highest BCUT2D eigenvalue weighted by atomic mass is 35.5. The van der Waals surface area contributed by atoms with Crippen molar-refractivity contribution in [2.24, 2.45) is 0 Å². The van der Waals surface area contributed by atoms with Crippen LogP contribution in [-0.2, 0) is 9.59 Å². The third-order valence-corrected chi connectivity index (χ3v) is 6.55. The van der Waals surface area contributed by atoms with Crippen LogP contribution in [0.1, 0.15) is 42.1 Å². The van der Waals surface area contributed by atoms with Gasteiger partial charge in [-0.2, -0.15) is 0 Å². The second-order valence-corrected chi connectivity index (χ2v) is 9.34. The van der Waals surface area contributed by atoms with E-state index in [2.05, 4.69) is 0 Å². The summed E-state index contributed by atoms with van der Waals surface area (Å²) in [6.45, 7) is 8.27. The van der Waals surface area contributed by atoms with Crippen LogP contribution in [0.2, 0.25) is 5.02 Å². The van der Waals surface area contributed by atoms with E-state index in [0.29, 0.717) is 52.3 Å². The van der Waals surface area contributed by atoms with E-state index >= 15 is 0 Å². The molecule has 1 amide bonds. The molecule has 1 N–H and O–H groups in total. The first kappa shape index (κ1) is 27.1. The maximum atomic E-state index is 13.5. The van der Waals surface area contributed by atoms with Gasteiger partial charge >= 0.3 is 0 Å². The van der Waals surface area contributed by atoms with Crippen LogP contribution in [0.15, 0.2) is 60.2 Å². The highest BCUT2D eigenvalue weighted by Crippen LogP contribution is 2.45. The summed E-state index contributed by atoms with van der Waals surface area (Å²) in [5.41, 5.74) is 3.25. The highest BCUT2D eigenvalue weighted by Gasteiger charge is 2.47. The number of halogens is 1. The number of aliphatic hydroxyl groups is 1. The zero-order chi connectivity index (χ0) is 27.6. The van der Waals surface area contributed by atoms with Gasteiger partial charge < -0.3 is 19.3 Å². The Morgan fingerprint density at radius 3 is 2.18 bits per heavy atom. The lowest BCUT2D eigenvalue weighted by molar-refractivity contribution is -0.132. The Balaban J connectivity index is 1.98. The number of benzene rings is 3. The molecule has 0 saturated carbocycles. The normalized spacial score (nSPS) is 16.6. The molecule has 7 nitrogen and oxygen atoms in total. The minimum Gasteiger partial charge on any atom is -0.507 e. The number of ether oxygens (including phenoxy) is 3. The molecule has 3 aromatic carbocycles. The van der Waals surface area contributed by atoms with E-state index in [1.54, 1.807) is 36.4 Å². The molecule has 0 radical (unpaired) electrons. The predicted molar refractivity (Wildman–Crippen MR) is 147 cm³/mol. The first-order valence-electron chi connectivity index (χ1n) is 12.3. The van der Waals surface area contributed by atoms with Crippen LogP contribution in [0.5, 0.6) is 17.2 Å². The van der Waals surface area contributed by atoms with Gasteiger partial charge in [-0.05, 0) is 86.8 Å². The summed E-state index contributed by atoms with van der Waals surface area (Å²) < 4.78 is 16.8. The number of anilines is 1. The average molecular weight is 536 g/mol. The number of Topliss-reactive ketones (excluding diaryl/α,β-unsaturated/α-hetero) is 1. The number of carbonyl (C=O) groups excluding carboxylic acids is 2. The molecule has 0 aliphatic carbocycles. The van der Waals surface area contributed by atoms with Gasteiger partial charge in [0, 0.05) is 11.3 Å². The molecule has 1 saturated heterocycles. The molecule has 4 rings (SSSR count). The van der Waals surface area contributed by atoms with E-state index in [-0.39, 0.29) is 11.3 Å². The number of rotatable bonds is 8. The van der Waals surface area contributed by atoms with Crippen molar-refractivity contribution in [3.05, 3.63) is 87.4 Å². The molecule has 1 aliphatic heterocycles. The van der Waals surface area contributed by atoms with E-state index in [1.165, 1.54) is 12.0 Å². The lowest BCUT2D eigenvalue weighted by Gasteiger charge is -2.27. The van der Waals surface area contributed by atoms with Gasteiger partial charge in [-0.15, -0.1) is 0 Å². The van der Waals surface area contributed by atoms with Gasteiger partial charge in [-0.1, -0.05) is 23.7 Å². The molecule has 0 aromatic heterocycles. The van der Waals surface area contributed by atoms with E-state index in [1.807, 2.05) is 45.9 Å². The van der Waals surface area contributed by atoms with Crippen LogP contribution < -0.4 is 19.1 Å². The average Bonchev–Trinajstić information content (AvgIpc) is 3.15. The highest BCUT2D eigenvalue weighted by molar-refractivity contribution is 6.51. The zero-order valence-electron chi connectivity index (χ0n) is 22.0. The molecule has 1 fully saturated rings. The molecule has 1 aliphatic rings. The molecule has 1 unspecified atom stereocenters. The van der Waals surface area contributed by atoms with Crippen molar-refractivity contribution >= 4 is 34.7 Å². The molecule has 1 atom stereocenters. The summed E-state index contributed by atoms with van der Waals surface area (Å²) in [7, 11) is 1.54. The van der Waals surface area contributed by atoms with Gasteiger partial charge in [-0.3, -0.25) is 14.5 Å². The quantitative estimate of drug-likeness (QED) is 0.204. The number of aliphatic hydroxyl groups excluding tert-OH is 1. The van der Waals surface area contributed by atoms with E-state index < -0.39 is 17.7 Å². The number of methoxy groups -OCH3 is 1. The summed E-state index contributed by atoms with van der Waals surface area (Å²) in [5, 5.41) is 11.9. The molecule has 38 heavy (non-hydrogen) atoms. The first-order chi connectivity index (χ1) is 18.2. The number of ketones is 1. The van der Waals surface area contributed by atoms with E-state index in [0.717, 1.165) is 11.1 Å². The van der Waals surface area contributed by atoms with Gasteiger partial charge in [0.1, 0.15) is 11.5 Å². The van der Waals surface area contributed by atoms with Crippen molar-refractivity contribution in [3.8, 4) is 17.2 Å². The number of hydrogen-bond acceptors (Lipinski definition) is 6. The van der Waals surface area contributed by atoms with Gasteiger partial charge in [0.25, 0.3) is 11.7 Å². The Morgan fingerprint density at radius 1 is 0.895 bits per heavy atom. The maximum absolute atomic E-state index is 13.5. The summed E-state index contributed by atoms with van der Waals surface area (Å²) in [5.74, 6) is -0.530. The fraction of sp³-hybridized carbons (Fsp3) is 0.267. The SMILES string of the molecule is CCOc1cc(/C(O)=C2/C(=O)C(=O)N(c3cc(C)cc(C)c3)C2c2ccc(OC)c(OCC)c2)ccc1Cl. The van der Waals surface area contributed by atoms with Crippen molar-refractivity contribution in [1.29, 1.82) is 0 Å². The zero-order valence-corrected chi connectivity index (χ0v) is 22.8. The minimum absolute atomic E-state index is 0.0495. The molecule has 0 spiro atoms. The van der Waals surface area contributed by atoms with Crippen LogP contribution in [-0.4, -0.2) is 37.1 Å². The lowest BCUT2D eigenvalue weighted by atomic mass is 9.94. The lowest BCUT2D eigenvalue weighted by Crippen LogP contribution is -2.29. The standard InChI is InChI=1S/C30H30ClNO6/c1-6-37-24-16-20(8-10-22(24)31)28(33)26-27(19-9-11-23(36-5)25(15-19)38-7-2)32(30(35)29(26)34)21-13-17(3)12-18(4)14-21/h8-16,27,33H,6-7H2,1-5H3/b28-26-. The third-order valence-electron chi connectivity index (χ3n) is 6.24. The molecular weight excluding hydrogens is 506 g/mol. The molecule has 1 heterocycles. The molecule has 3 aromatic rings. The van der Waals surface area contributed by atoms with Crippen molar-refractivity contribution in [1.82, 2.24) is 0 Å². The molecule has 8 heteroatoms. The minimum atomic E-state index is -0.924. The predicted octanol–water partition coefficient (Wildman–Crippen LogP) is 6.39. The van der Waals surface area contributed by atoms with E-state index in [4.69, 9.17) is 25.8 Å². The van der Waals surface area contributed by atoms with Gasteiger partial charge in [0.05, 0.1) is 37.0 Å². The Kier molecular flexibility index (Phi) is 7.97. The number of nitrogens with zero attached hydrogens (tertiary/aromatic N) is 1. The van der Waals surface area contributed by atoms with Crippen LogP contribution in [0.4, 0.5) is 5.69 Å². The van der Waals surface area contributed by atoms with Crippen LogP contribution in [0.3, 0.4) is 0 Å². The number of hydrogen-bond donors (Lipinski definition) is 1. The number of amides is 1. The van der Waals surface area contributed by atoms with Crippen LogP contribution in [0.25, 0.3) is 5.76 Å². The third kappa shape index (κ3) is 5.07. The maximum Gasteiger partial charge on any atom is 0.300 e. The second-order valence-electron chi connectivity index (χ2n) is 8.94. The largest absolute Gasteiger partial charge is 0.507 e. The summed E-state index contributed by atoms with van der Waals surface area (Å²) in [6, 6.07) is 14.7. The van der Waals surface area contributed by atoms with Crippen molar-refractivity contribution in [2.45, 2.75) is 33.7 Å². The summed E-state index contributed by atoms with van der Waals surface area (Å²) in [4.78, 5) is 28.5. The van der Waals surface area contributed by atoms with Crippen molar-refractivity contribution in [2.75, 3.05) is 25.2 Å². The van der Waals surface area contributed by atoms with E-state index in [9.17, 15) is 14.7 Å². The Hall–Kier alpha value is -3.97. The summed E-state index contributed by atoms with van der Waals surface area (Å²) in [6.07, 6.45) is 0. The van der Waals surface area contributed by atoms with Crippen LogP contribution >= 0.6 is 11.6 Å². The Bertz CT molecular complexity index is 1410. The van der Waals surface area contributed by atoms with Gasteiger partial charge in [0.2, 0.25) is 0 Å². The number of aryl methyl sites for hydroxylation is 2. The Morgan fingerprint density at radius 2 is 1.55 bits per heavy atom. The smallest absolute Gasteiger partial charge is 0.300 e. The number of carbonyl (C=O) groups is 2. The van der Waals surface area contributed by atoms with Gasteiger partial charge in [-0.25, -0.2) is 0 Å². The fourth-order valence-electron chi connectivity index (χ4n) is 4.71. The molecule has 198 valence electrons. The molecular formula is C30H30ClNO6. The second kappa shape index (κ2) is 11.2. The van der Waals surface area contributed by atoms with Crippen molar-refractivity contribution < 1.29 is 28.9 Å². The first-order valence-corrected chi connectivity index (χ1v) is 12.7. The fourth-order valence-corrected chi connectivity index (χ4v) is 4.88. The van der Waals surface area contributed by atoms with Gasteiger partial charge in [0.15, 0.2) is 11.5 Å².